The summed E-state index contributed by atoms with van der Waals surface area (Å²) in [4.78, 5) is 22.3. The van der Waals surface area contributed by atoms with Gasteiger partial charge in [-0.2, -0.15) is 0 Å². The second-order valence-electron chi connectivity index (χ2n) is 4.84. The minimum Gasteiger partial charge on any atom is -0.485 e. The minimum absolute atomic E-state index is 0.166. The van der Waals surface area contributed by atoms with Crippen molar-refractivity contribution in [3.63, 3.8) is 0 Å². The van der Waals surface area contributed by atoms with E-state index >= 15 is 0 Å². The Kier molecular flexibility index (Phi) is 4.42. The van der Waals surface area contributed by atoms with E-state index in [-0.39, 0.29) is 6.10 Å². The molecule has 1 amide bonds. The number of hydrogen-bond acceptors (Lipinski definition) is 3. The summed E-state index contributed by atoms with van der Waals surface area (Å²) in [6.45, 7) is 3.31. The molecule has 0 saturated carbocycles. The first-order chi connectivity index (χ1) is 9.97. The van der Waals surface area contributed by atoms with Gasteiger partial charge in [0.15, 0.2) is 0 Å². The van der Waals surface area contributed by atoms with Crippen LogP contribution in [0.1, 0.15) is 19.4 Å². The number of carboxylic acids is 1. The lowest BCUT2D eigenvalue weighted by molar-refractivity contribution is -0.140. The molecule has 1 aromatic carbocycles. The summed E-state index contributed by atoms with van der Waals surface area (Å²) >= 11 is 0. The van der Waals surface area contributed by atoms with Crippen molar-refractivity contribution in [3.05, 3.63) is 47.6 Å². The summed E-state index contributed by atoms with van der Waals surface area (Å²) in [7, 11) is 0. The Morgan fingerprint density at radius 3 is 2.81 bits per heavy atom. The van der Waals surface area contributed by atoms with Gasteiger partial charge in [0.2, 0.25) is 5.91 Å². The molecule has 1 aromatic rings. The summed E-state index contributed by atoms with van der Waals surface area (Å²) < 4.78 is 5.75. The van der Waals surface area contributed by atoms with Crippen LogP contribution in [0, 0.1) is 0 Å². The number of hydrogen-bond donors (Lipinski definition) is 2. The maximum absolute atomic E-state index is 11.6. The summed E-state index contributed by atoms with van der Waals surface area (Å²) in [5, 5.41) is 11.1. The number of carbonyl (C=O) groups is 2. The Morgan fingerprint density at radius 2 is 2.10 bits per heavy atom. The van der Waals surface area contributed by atoms with Gasteiger partial charge in [0.05, 0.1) is 0 Å². The van der Waals surface area contributed by atoms with Gasteiger partial charge in [-0.25, -0.2) is 0 Å². The molecular weight excluding hydrogens is 270 g/mol. The molecule has 0 saturated heterocycles. The Morgan fingerprint density at radius 1 is 1.38 bits per heavy atom. The standard InChI is InChI=1S/C16H17NO4/c1-10(16(19)20)17-15(18)8-7-12-9-13-5-3-4-6-14(13)21-11(12)2/h3-11H,1-2H3,(H,17,18)(H,19,20). The van der Waals surface area contributed by atoms with Crippen LogP contribution in [0.2, 0.25) is 0 Å². The molecule has 110 valence electrons. The predicted octanol–water partition coefficient (Wildman–Crippen LogP) is 2.00. The van der Waals surface area contributed by atoms with Crippen molar-refractivity contribution < 1.29 is 19.4 Å². The molecule has 0 radical (unpaired) electrons. The fourth-order valence-electron chi connectivity index (χ4n) is 1.94. The quantitative estimate of drug-likeness (QED) is 0.830. The number of ether oxygens (including phenoxy) is 1. The van der Waals surface area contributed by atoms with Crippen LogP contribution < -0.4 is 10.1 Å². The third-order valence-corrected chi connectivity index (χ3v) is 3.17. The van der Waals surface area contributed by atoms with Crippen molar-refractivity contribution in [2.45, 2.75) is 26.0 Å². The average Bonchev–Trinajstić information content (AvgIpc) is 2.44. The molecule has 0 bridgehead atoms. The zero-order valence-corrected chi connectivity index (χ0v) is 11.9. The number of aliphatic carboxylic acids is 1. The van der Waals surface area contributed by atoms with E-state index in [9.17, 15) is 9.59 Å². The normalized spacial score (nSPS) is 18.4. The van der Waals surface area contributed by atoms with Crippen molar-refractivity contribution in [1.29, 1.82) is 0 Å². The van der Waals surface area contributed by atoms with Crippen molar-refractivity contribution in [3.8, 4) is 5.75 Å². The zero-order valence-electron chi connectivity index (χ0n) is 11.9. The Hall–Kier alpha value is -2.56. The van der Waals surface area contributed by atoms with Gasteiger partial charge in [0, 0.05) is 11.6 Å². The van der Waals surface area contributed by atoms with Crippen molar-refractivity contribution in [2.24, 2.45) is 0 Å². The number of rotatable bonds is 4. The Labute approximate surface area is 122 Å². The van der Waals surface area contributed by atoms with E-state index in [1.807, 2.05) is 37.3 Å². The van der Waals surface area contributed by atoms with E-state index in [4.69, 9.17) is 9.84 Å². The molecule has 2 unspecified atom stereocenters. The van der Waals surface area contributed by atoms with E-state index in [0.29, 0.717) is 0 Å². The number of carboxylic acid groups (broad SMARTS) is 1. The monoisotopic (exact) mass is 287 g/mol. The first-order valence-electron chi connectivity index (χ1n) is 6.66. The van der Waals surface area contributed by atoms with E-state index in [1.54, 1.807) is 6.08 Å². The van der Waals surface area contributed by atoms with E-state index < -0.39 is 17.9 Å². The van der Waals surface area contributed by atoms with Crippen molar-refractivity contribution >= 4 is 18.0 Å². The Bertz CT molecular complexity index is 618. The number of nitrogens with one attached hydrogen (secondary N) is 1. The summed E-state index contributed by atoms with van der Waals surface area (Å²) in [6.07, 6.45) is 4.75. The summed E-state index contributed by atoms with van der Waals surface area (Å²) in [5.74, 6) is -0.706. The van der Waals surface area contributed by atoms with Gasteiger partial charge < -0.3 is 15.2 Å². The fourth-order valence-corrected chi connectivity index (χ4v) is 1.94. The number of amides is 1. The largest absolute Gasteiger partial charge is 0.485 e. The van der Waals surface area contributed by atoms with Crippen LogP contribution in [0.4, 0.5) is 0 Å². The second-order valence-corrected chi connectivity index (χ2v) is 4.84. The van der Waals surface area contributed by atoms with Crippen LogP contribution >= 0.6 is 0 Å². The van der Waals surface area contributed by atoms with E-state index in [1.165, 1.54) is 13.0 Å². The molecule has 0 fully saturated rings. The second kappa shape index (κ2) is 6.26. The summed E-state index contributed by atoms with van der Waals surface area (Å²) in [6, 6.07) is 6.72. The Balaban J connectivity index is 2.09. The molecule has 0 aromatic heterocycles. The van der Waals surface area contributed by atoms with Crippen molar-refractivity contribution in [2.75, 3.05) is 0 Å². The van der Waals surface area contributed by atoms with Gasteiger partial charge in [-0.1, -0.05) is 18.2 Å². The minimum atomic E-state index is -1.07. The molecule has 0 aliphatic carbocycles. The van der Waals surface area contributed by atoms with Crippen molar-refractivity contribution in [1.82, 2.24) is 5.32 Å². The topological polar surface area (TPSA) is 75.6 Å². The van der Waals surface area contributed by atoms with Gasteiger partial charge in [0.25, 0.3) is 0 Å². The molecule has 2 rings (SSSR count). The fraction of sp³-hybridized carbons (Fsp3) is 0.250. The third-order valence-electron chi connectivity index (χ3n) is 3.17. The lowest BCUT2D eigenvalue weighted by Crippen LogP contribution is -2.37. The molecule has 5 nitrogen and oxygen atoms in total. The van der Waals surface area contributed by atoms with Crippen LogP contribution in [-0.2, 0) is 9.59 Å². The first kappa shape index (κ1) is 14.8. The van der Waals surface area contributed by atoms with Gasteiger partial charge in [-0.3, -0.25) is 9.59 Å². The number of para-hydroxylation sites is 1. The number of benzene rings is 1. The lowest BCUT2D eigenvalue weighted by Gasteiger charge is -2.22. The van der Waals surface area contributed by atoms with Crippen LogP contribution in [0.25, 0.3) is 6.08 Å². The summed E-state index contributed by atoms with van der Waals surface area (Å²) in [5.41, 5.74) is 1.81. The van der Waals surface area contributed by atoms with Gasteiger partial charge in [-0.05, 0) is 37.6 Å². The number of fused-ring (bicyclic) bond motifs is 1. The smallest absolute Gasteiger partial charge is 0.325 e. The van der Waals surface area contributed by atoms with Crippen LogP contribution in [0.15, 0.2) is 42.0 Å². The highest BCUT2D eigenvalue weighted by Gasteiger charge is 2.17. The molecule has 2 atom stereocenters. The van der Waals surface area contributed by atoms with Crippen LogP contribution in [-0.4, -0.2) is 29.1 Å². The first-order valence-corrected chi connectivity index (χ1v) is 6.66. The van der Waals surface area contributed by atoms with Gasteiger partial charge in [-0.15, -0.1) is 0 Å². The lowest BCUT2D eigenvalue weighted by atomic mass is 10.0. The molecular formula is C16H17NO4. The molecule has 5 heteroatoms. The average molecular weight is 287 g/mol. The van der Waals surface area contributed by atoms with Crippen LogP contribution in [0.3, 0.4) is 0 Å². The van der Waals surface area contributed by atoms with Gasteiger partial charge in [0.1, 0.15) is 17.9 Å². The van der Waals surface area contributed by atoms with Gasteiger partial charge >= 0.3 is 5.97 Å². The molecule has 2 N–H and O–H groups in total. The molecule has 21 heavy (non-hydrogen) atoms. The maximum atomic E-state index is 11.6. The molecule has 0 spiro atoms. The molecule has 1 aliphatic rings. The van der Waals surface area contributed by atoms with Crippen LogP contribution in [0.5, 0.6) is 5.75 Å². The molecule has 1 heterocycles. The zero-order chi connectivity index (χ0) is 15.4. The predicted molar refractivity (Wildman–Crippen MR) is 78.9 cm³/mol. The third kappa shape index (κ3) is 3.72. The number of carbonyl (C=O) groups excluding carboxylic acids is 1. The van der Waals surface area contributed by atoms with E-state index in [0.717, 1.165) is 16.9 Å². The SMILES string of the molecule is CC(NC(=O)C=CC1=Cc2ccccc2OC1C)C(=O)O. The molecule has 1 aliphatic heterocycles. The highest BCUT2D eigenvalue weighted by atomic mass is 16.5. The maximum Gasteiger partial charge on any atom is 0.325 e. The van der Waals surface area contributed by atoms with E-state index in [2.05, 4.69) is 5.32 Å². The highest BCUT2D eigenvalue weighted by molar-refractivity contribution is 5.91. The highest BCUT2D eigenvalue weighted by Crippen LogP contribution is 2.29.